The number of fused-ring (bicyclic) bond motifs is 22. The molecule has 0 spiro atoms. The van der Waals surface area contributed by atoms with E-state index >= 15 is 0 Å². The number of aromatic nitrogens is 2. The first-order chi connectivity index (χ1) is 61.8. The van der Waals surface area contributed by atoms with Gasteiger partial charge in [0.25, 0.3) is 6.71 Å². The van der Waals surface area contributed by atoms with Gasteiger partial charge in [-0.3, -0.25) is 0 Å². The fourth-order valence-corrected chi connectivity index (χ4v) is 19.7. The van der Waals surface area contributed by atoms with Crippen LogP contribution in [0.4, 0.5) is 34.1 Å². The second-order valence-electron chi connectivity index (χ2n) is 37.4. The molecule has 0 atom stereocenters. The zero-order valence-corrected chi connectivity index (χ0v) is 69.3. The summed E-state index contributed by atoms with van der Waals surface area (Å²) >= 11 is 0. The molecule has 16 aromatic carbocycles. The molecule has 0 bridgehead atoms. The number of para-hydroxylation sites is 8. The van der Waals surface area contributed by atoms with Gasteiger partial charge in [0.1, 0.15) is 33.5 Å². The van der Waals surface area contributed by atoms with Crippen molar-refractivity contribution in [2.45, 2.75) is 105 Å². The van der Waals surface area contributed by atoms with Gasteiger partial charge < -0.3 is 36.6 Å². The predicted octanol–water partition coefficient (Wildman–Crippen LogP) is 29.8. The normalized spacial score (nSPS) is 14.3. The minimum atomic E-state index is -0.605. The number of hydrogen-bond donors (Lipinski definition) is 0. The molecular weight excluding hydrogens is 1480 g/mol. The van der Waals surface area contributed by atoms with Gasteiger partial charge in [0.05, 0.1) is 50.1 Å². The molecule has 0 saturated carbocycles. The number of nitrogens with zero attached hydrogens (tertiary/aromatic N) is 4. The van der Waals surface area contributed by atoms with E-state index in [0.29, 0.717) is 50.8 Å². The summed E-state index contributed by atoms with van der Waals surface area (Å²) in [5.74, 6) is 0. The highest BCUT2D eigenvalue weighted by Crippen LogP contribution is 2.54. The molecule has 0 radical (unpaired) electrons. The van der Waals surface area contributed by atoms with Gasteiger partial charge in [-0.25, -0.2) is 0 Å². The van der Waals surface area contributed by atoms with E-state index in [4.69, 9.17) is 17.7 Å². The molecule has 582 valence electrons. The summed E-state index contributed by atoms with van der Waals surface area (Å²) in [5.41, 5.74) is 25.7. The summed E-state index contributed by atoms with van der Waals surface area (Å²) in [5, 5.41) is 9.67. The highest BCUT2D eigenvalue weighted by molar-refractivity contribution is 7.00. The predicted molar refractivity (Wildman–Crippen MR) is 509 cm³/mol. The average molecular weight is 1570 g/mol. The molecule has 121 heavy (non-hydrogen) atoms. The third-order valence-corrected chi connectivity index (χ3v) is 25.9. The summed E-state index contributed by atoms with van der Waals surface area (Å²) in [6.07, 6.45) is 0. The fourth-order valence-electron chi connectivity index (χ4n) is 19.7. The molecule has 8 nitrogen and oxygen atoms in total. The maximum atomic E-state index is 10.2. The van der Waals surface area contributed by atoms with Crippen LogP contribution in [0, 0.1) is 0 Å². The maximum absolute atomic E-state index is 10.2. The van der Waals surface area contributed by atoms with Crippen LogP contribution in [0.15, 0.2) is 327 Å². The number of hydrogen-bond acceptors (Lipinski definition) is 6. The lowest BCUT2D eigenvalue weighted by Crippen LogP contribution is -2.61. The number of benzene rings is 16. The van der Waals surface area contributed by atoms with Crippen LogP contribution in [-0.2, 0) is 21.7 Å². The molecule has 2 aliphatic rings. The van der Waals surface area contributed by atoms with Gasteiger partial charge in [0.2, 0.25) is 0 Å². The van der Waals surface area contributed by atoms with Crippen molar-refractivity contribution in [3.63, 3.8) is 0 Å². The molecule has 0 amide bonds. The van der Waals surface area contributed by atoms with Crippen molar-refractivity contribution in [3.8, 4) is 44.8 Å². The molecule has 8 heterocycles. The molecule has 2 aliphatic heterocycles. The molecule has 24 rings (SSSR count). The van der Waals surface area contributed by atoms with E-state index in [2.05, 4.69) is 316 Å². The third kappa shape index (κ3) is 10.7. The Hall–Kier alpha value is -14.0. The van der Waals surface area contributed by atoms with Gasteiger partial charge in [0.15, 0.2) is 11.2 Å². The number of rotatable bonds is 7. The standard InChI is InChI=1S/C112H87BN4O4/c1-109(2,3)68-44-50-92-85(59-68)86-60-69(110(4,5)6)45-51-93(86)114(92)72-46-48-88-97(61-72)117(96-38-24-34-84-83-32-22-29-74(106(83)121-108(84)96)65-43-52-102-87(55-65)79-28-16-19-39-100(79)118-102)99-63-73(115-90-35-17-13-25-76(90)77-26-14-18-36-91(77)115)62-98-104(99)113(88)89-56-64(67-53-70(111(7,8)9)58-71(54-67)112(10,11)12)42-49-94(89)116(98)95-37-23-33-82-80-47-41-66(57-103(80)120-107(82)95)75-30-21-31-81-78-27-15-20-40-101(78)119-105(75)81/h13-63H,1-12H3/i13D,14D,17D,18D,25D,26D,35D,36D. The SMILES string of the molecule is [2H]c1c([2H])c([2H])c2c(c1[2H])c1c([2H])c([2H])c([2H])c([2H])c1n2-c1cc2c3c(c1)N(c1cccc4c1oc1c(-c5ccc6oc7ccccc7c6c5)cccc14)c1cc(-n4c5ccc(C(C)(C)C)cc5c5cc(C(C)(C)C)ccc54)ccc1B3c1cc(-c3cc(C(C)(C)C)cc(C(C)(C)C)c3)ccc1N2c1cccc2c1oc1cc(-c3cccc4c3oc3ccccc34)ccc12. The molecule has 22 aromatic rings. The van der Waals surface area contributed by atoms with Crippen molar-refractivity contribution >= 4 is 189 Å². The Kier molecular flexibility index (Phi) is 13.2. The minimum absolute atomic E-state index is 0.0195. The second-order valence-corrected chi connectivity index (χ2v) is 37.4. The Labute approximate surface area is 713 Å². The van der Waals surface area contributed by atoms with Gasteiger partial charge >= 0.3 is 0 Å². The van der Waals surface area contributed by atoms with Crippen LogP contribution in [0.1, 0.15) is 116 Å². The molecule has 0 fully saturated rings. The largest absolute Gasteiger partial charge is 0.456 e. The highest BCUT2D eigenvalue weighted by atomic mass is 16.3. The Morgan fingerprint density at radius 1 is 0.256 bits per heavy atom. The van der Waals surface area contributed by atoms with E-state index < -0.39 is 55.1 Å². The van der Waals surface area contributed by atoms with Crippen molar-refractivity contribution < 1.29 is 28.6 Å². The lowest BCUT2D eigenvalue weighted by Gasteiger charge is -2.44. The Morgan fingerprint density at radius 3 is 1.36 bits per heavy atom. The molecule has 0 unspecified atom stereocenters. The van der Waals surface area contributed by atoms with Gasteiger partial charge in [-0.15, -0.1) is 0 Å². The van der Waals surface area contributed by atoms with E-state index in [-0.39, 0.29) is 43.5 Å². The highest BCUT2D eigenvalue weighted by Gasteiger charge is 2.46. The van der Waals surface area contributed by atoms with E-state index in [0.717, 1.165) is 154 Å². The Balaban J connectivity index is 0.853. The van der Waals surface area contributed by atoms with Crippen molar-refractivity contribution in [1.82, 2.24) is 9.13 Å². The fraction of sp³-hybridized carbons (Fsp3) is 0.143. The first-order valence-electron chi connectivity index (χ1n) is 45.9. The van der Waals surface area contributed by atoms with Crippen molar-refractivity contribution in [1.29, 1.82) is 0 Å². The average Bonchev–Trinajstić information content (AvgIpc) is 1.68. The lowest BCUT2D eigenvalue weighted by atomic mass is 9.33. The van der Waals surface area contributed by atoms with E-state index in [1.54, 1.807) is 4.57 Å². The van der Waals surface area contributed by atoms with Crippen molar-refractivity contribution in [2.24, 2.45) is 0 Å². The Morgan fingerprint density at radius 2 is 0.727 bits per heavy atom. The van der Waals surface area contributed by atoms with Crippen LogP contribution in [0.25, 0.3) is 176 Å². The molecule has 0 saturated heterocycles. The summed E-state index contributed by atoms with van der Waals surface area (Å²) in [6.45, 7) is 26.7. The van der Waals surface area contributed by atoms with E-state index in [9.17, 15) is 11.0 Å². The lowest BCUT2D eigenvalue weighted by molar-refractivity contribution is 0.569. The smallest absolute Gasteiger partial charge is 0.252 e. The number of anilines is 6. The van der Waals surface area contributed by atoms with Gasteiger partial charge in [-0.2, -0.15) is 0 Å². The van der Waals surface area contributed by atoms with Gasteiger partial charge in [-0.1, -0.05) is 277 Å². The van der Waals surface area contributed by atoms with Crippen LogP contribution in [0.2, 0.25) is 0 Å². The molecule has 9 heteroatoms. The Bertz CT molecular complexity index is 8590. The van der Waals surface area contributed by atoms with E-state index in [1.165, 1.54) is 22.3 Å². The van der Waals surface area contributed by atoms with Crippen LogP contribution in [-0.4, -0.2) is 15.8 Å². The molecule has 6 aromatic heterocycles. The van der Waals surface area contributed by atoms with Crippen molar-refractivity contribution in [2.75, 3.05) is 9.80 Å². The summed E-state index contributed by atoms with van der Waals surface area (Å²) in [7, 11) is 0. The van der Waals surface area contributed by atoms with Gasteiger partial charge in [-0.05, 0) is 198 Å². The first-order valence-corrected chi connectivity index (χ1v) is 41.9. The zero-order chi connectivity index (χ0) is 88.7. The summed E-state index contributed by atoms with van der Waals surface area (Å²) < 4.78 is 111. The van der Waals surface area contributed by atoms with Crippen LogP contribution >= 0.6 is 0 Å². The molecule has 0 N–H and O–H groups in total. The maximum Gasteiger partial charge on any atom is 0.252 e. The summed E-state index contributed by atoms with van der Waals surface area (Å²) in [4.78, 5) is 4.62. The van der Waals surface area contributed by atoms with Crippen molar-refractivity contribution in [3.05, 3.63) is 331 Å². The third-order valence-electron chi connectivity index (χ3n) is 25.9. The van der Waals surface area contributed by atoms with Crippen LogP contribution < -0.4 is 26.2 Å². The zero-order valence-electron chi connectivity index (χ0n) is 77.3. The molecule has 0 aliphatic carbocycles. The minimum Gasteiger partial charge on any atom is -0.456 e. The quantitative estimate of drug-likeness (QED) is 0.148. The van der Waals surface area contributed by atoms with Gasteiger partial charge in [0, 0.05) is 104 Å². The van der Waals surface area contributed by atoms with Crippen LogP contribution in [0.3, 0.4) is 0 Å². The van der Waals surface area contributed by atoms with Crippen LogP contribution in [0.5, 0.6) is 0 Å². The monoisotopic (exact) mass is 1570 g/mol. The topological polar surface area (TPSA) is 68.9 Å². The first kappa shape index (κ1) is 63.1. The summed E-state index contributed by atoms with van der Waals surface area (Å²) in [6, 6.07) is 89.2. The number of furan rings is 4. The molecular formula is C112H87BN4O4. The second kappa shape index (κ2) is 25.3. The van der Waals surface area contributed by atoms with E-state index in [1.807, 2.05) is 42.5 Å².